The minimum atomic E-state index is -0.431. The van der Waals surface area contributed by atoms with Gasteiger partial charge in [0.15, 0.2) is 6.61 Å². The molecule has 138 valence electrons. The second-order valence-electron chi connectivity index (χ2n) is 6.00. The highest BCUT2D eigenvalue weighted by Gasteiger charge is 2.15. The number of hydrogen-bond acceptors (Lipinski definition) is 4. The lowest BCUT2D eigenvalue weighted by Gasteiger charge is -2.13. The summed E-state index contributed by atoms with van der Waals surface area (Å²) in [5.41, 5.74) is 0.755. The largest absolute Gasteiger partial charge is 0.484 e. The topological polar surface area (TPSA) is 59.6 Å². The highest BCUT2D eigenvalue weighted by Crippen LogP contribution is 2.21. The lowest BCUT2D eigenvalue weighted by Crippen LogP contribution is -2.21. The molecule has 2 aromatic carbocycles. The summed E-state index contributed by atoms with van der Waals surface area (Å²) in [7, 11) is 0. The molecule has 3 rings (SSSR count). The van der Waals surface area contributed by atoms with Gasteiger partial charge in [-0.25, -0.2) is 4.39 Å². The first-order chi connectivity index (χ1) is 12.6. The molecular formula is C19H20ClFN2O3. The van der Waals surface area contributed by atoms with Gasteiger partial charge in [0.05, 0.1) is 11.8 Å². The Morgan fingerprint density at radius 1 is 1.27 bits per heavy atom. The lowest BCUT2D eigenvalue weighted by molar-refractivity contribution is -0.118. The first kappa shape index (κ1) is 18.5. The van der Waals surface area contributed by atoms with Gasteiger partial charge in [-0.15, -0.1) is 0 Å². The summed E-state index contributed by atoms with van der Waals surface area (Å²) in [6, 6.07) is 11.2. The van der Waals surface area contributed by atoms with Crippen molar-refractivity contribution in [3.05, 3.63) is 53.3 Å². The van der Waals surface area contributed by atoms with Crippen LogP contribution in [0.15, 0.2) is 42.5 Å². The highest BCUT2D eigenvalue weighted by atomic mass is 35.5. The second kappa shape index (κ2) is 8.87. The number of benzene rings is 2. The number of nitrogens with one attached hydrogen (secondary N) is 2. The van der Waals surface area contributed by atoms with Crippen molar-refractivity contribution in [2.75, 3.05) is 30.4 Å². The molecule has 1 atom stereocenters. The Morgan fingerprint density at radius 3 is 2.77 bits per heavy atom. The van der Waals surface area contributed by atoms with Gasteiger partial charge < -0.3 is 20.1 Å². The van der Waals surface area contributed by atoms with E-state index in [1.54, 1.807) is 36.4 Å². The Morgan fingerprint density at radius 2 is 2.08 bits per heavy atom. The molecule has 7 heteroatoms. The number of ether oxygens (including phenoxy) is 2. The molecule has 0 spiro atoms. The monoisotopic (exact) mass is 378 g/mol. The number of carbonyl (C=O) groups excluding carboxylic acids is 1. The van der Waals surface area contributed by atoms with E-state index in [9.17, 15) is 9.18 Å². The number of rotatable bonds is 7. The summed E-state index contributed by atoms with van der Waals surface area (Å²) in [6.45, 7) is 1.15. The van der Waals surface area contributed by atoms with Crippen molar-refractivity contribution >= 4 is 28.9 Å². The fourth-order valence-corrected chi connectivity index (χ4v) is 2.77. The van der Waals surface area contributed by atoms with Crippen LogP contribution in [-0.4, -0.2) is 31.8 Å². The van der Waals surface area contributed by atoms with E-state index >= 15 is 0 Å². The quantitative estimate of drug-likeness (QED) is 0.762. The molecule has 0 bridgehead atoms. The van der Waals surface area contributed by atoms with Crippen molar-refractivity contribution in [2.45, 2.75) is 18.9 Å². The summed E-state index contributed by atoms with van der Waals surface area (Å²) in [4.78, 5) is 11.9. The summed E-state index contributed by atoms with van der Waals surface area (Å²) in [6.07, 6.45) is 2.15. The van der Waals surface area contributed by atoms with Crippen LogP contribution in [0.2, 0.25) is 5.02 Å². The zero-order valence-corrected chi connectivity index (χ0v) is 14.9. The van der Waals surface area contributed by atoms with E-state index in [4.69, 9.17) is 21.1 Å². The van der Waals surface area contributed by atoms with E-state index in [1.165, 1.54) is 6.07 Å². The third kappa shape index (κ3) is 5.34. The van der Waals surface area contributed by atoms with Crippen molar-refractivity contribution in [3.63, 3.8) is 0 Å². The summed E-state index contributed by atoms with van der Waals surface area (Å²) in [5.74, 6) is -0.275. The molecule has 1 amide bonds. The molecular weight excluding hydrogens is 359 g/mol. The van der Waals surface area contributed by atoms with Crippen molar-refractivity contribution in [3.8, 4) is 5.75 Å². The Labute approximate surface area is 156 Å². The van der Waals surface area contributed by atoms with Crippen molar-refractivity contribution < 1.29 is 18.7 Å². The molecule has 1 saturated heterocycles. The molecule has 2 N–H and O–H groups in total. The van der Waals surface area contributed by atoms with Gasteiger partial charge in [0.25, 0.3) is 5.91 Å². The Balaban J connectivity index is 1.48. The number of amides is 1. The van der Waals surface area contributed by atoms with Gasteiger partial charge in [-0.05, 0) is 55.3 Å². The zero-order valence-electron chi connectivity index (χ0n) is 14.1. The van der Waals surface area contributed by atoms with Crippen LogP contribution in [0.3, 0.4) is 0 Å². The fraction of sp³-hybridized carbons (Fsp3) is 0.316. The molecule has 0 saturated carbocycles. The molecule has 2 aromatic rings. The van der Waals surface area contributed by atoms with Gasteiger partial charge in [0.2, 0.25) is 0 Å². The van der Waals surface area contributed by atoms with Crippen LogP contribution in [0.5, 0.6) is 5.75 Å². The van der Waals surface area contributed by atoms with E-state index in [0.717, 1.165) is 19.4 Å². The number of anilines is 2. The molecule has 26 heavy (non-hydrogen) atoms. The van der Waals surface area contributed by atoms with Crippen LogP contribution < -0.4 is 15.4 Å². The Hall–Kier alpha value is -2.31. The van der Waals surface area contributed by atoms with E-state index in [0.29, 0.717) is 28.7 Å². The minimum Gasteiger partial charge on any atom is -0.484 e. The predicted octanol–water partition coefficient (Wildman–Crippen LogP) is 4.09. The average molecular weight is 379 g/mol. The van der Waals surface area contributed by atoms with E-state index in [-0.39, 0.29) is 18.6 Å². The number of carbonyl (C=O) groups is 1. The third-order valence-electron chi connectivity index (χ3n) is 3.98. The van der Waals surface area contributed by atoms with Gasteiger partial charge in [-0.1, -0.05) is 11.6 Å². The maximum absolute atomic E-state index is 14.2. The SMILES string of the molecule is O=C(COc1ccc(Cl)cc1)Nc1ccc(NCC2CCCO2)c(F)c1. The first-order valence-corrected chi connectivity index (χ1v) is 8.81. The van der Waals surface area contributed by atoms with Gasteiger partial charge in [0, 0.05) is 23.9 Å². The van der Waals surface area contributed by atoms with Crippen LogP contribution in [0, 0.1) is 5.82 Å². The Bertz CT molecular complexity index is 749. The molecule has 1 aliphatic heterocycles. The Kier molecular flexibility index (Phi) is 6.30. The van der Waals surface area contributed by atoms with Gasteiger partial charge in [0.1, 0.15) is 11.6 Å². The minimum absolute atomic E-state index is 0.124. The number of halogens is 2. The molecule has 1 unspecified atom stereocenters. The smallest absolute Gasteiger partial charge is 0.262 e. The summed E-state index contributed by atoms with van der Waals surface area (Å²) < 4.78 is 25.0. The molecule has 0 aromatic heterocycles. The van der Waals surface area contributed by atoms with Gasteiger partial charge in [-0.3, -0.25) is 4.79 Å². The van der Waals surface area contributed by atoms with Crippen molar-refractivity contribution in [1.82, 2.24) is 0 Å². The highest BCUT2D eigenvalue weighted by molar-refractivity contribution is 6.30. The van der Waals surface area contributed by atoms with Crippen molar-refractivity contribution in [2.24, 2.45) is 0 Å². The molecule has 0 radical (unpaired) electrons. The lowest BCUT2D eigenvalue weighted by atomic mass is 10.2. The normalized spacial score (nSPS) is 16.3. The summed E-state index contributed by atoms with van der Waals surface area (Å²) in [5, 5.41) is 6.23. The zero-order chi connectivity index (χ0) is 18.4. The average Bonchev–Trinajstić information content (AvgIpc) is 3.14. The van der Waals surface area contributed by atoms with Crippen LogP contribution in [0.25, 0.3) is 0 Å². The van der Waals surface area contributed by atoms with E-state index in [1.807, 2.05) is 0 Å². The van der Waals surface area contributed by atoms with Gasteiger partial charge >= 0.3 is 0 Å². The van der Waals surface area contributed by atoms with E-state index in [2.05, 4.69) is 10.6 Å². The van der Waals surface area contributed by atoms with E-state index < -0.39 is 5.82 Å². The number of hydrogen-bond donors (Lipinski definition) is 2. The van der Waals surface area contributed by atoms with Crippen LogP contribution in [0.1, 0.15) is 12.8 Å². The fourth-order valence-electron chi connectivity index (χ4n) is 2.64. The second-order valence-corrected chi connectivity index (χ2v) is 6.44. The maximum Gasteiger partial charge on any atom is 0.262 e. The van der Waals surface area contributed by atoms with Gasteiger partial charge in [-0.2, -0.15) is 0 Å². The molecule has 1 heterocycles. The van der Waals surface area contributed by atoms with Crippen LogP contribution >= 0.6 is 11.6 Å². The molecule has 1 aliphatic rings. The maximum atomic E-state index is 14.2. The third-order valence-corrected chi connectivity index (χ3v) is 4.23. The van der Waals surface area contributed by atoms with Crippen LogP contribution in [0.4, 0.5) is 15.8 Å². The summed E-state index contributed by atoms with van der Waals surface area (Å²) >= 11 is 5.79. The van der Waals surface area contributed by atoms with Crippen LogP contribution in [-0.2, 0) is 9.53 Å². The van der Waals surface area contributed by atoms with Crippen molar-refractivity contribution in [1.29, 1.82) is 0 Å². The molecule has 1 fully saturated rings. The standard InChI is InChI=1S/C19H20ClFN2O3/c20-13-3-6-15(7-4-13)26-12-19(24)23-14-5-8-18(17(21)10-14)22-11-16-2-1-9-25-16/h3-8,10,16,22H,1-2,9,11-12H2,(H,23,24). The molecule has 5 nitrogen and oxygen atoms in total. The first-order valence-electron chi connectivity index (χ1n) is 8.43. The predicted molar refractivity (Wildman–Crippen MR) is 99.4 cm³/mol. The molecule has 0 aliphatic carbocycles.